The quantitative estimate of drug-likeness (QED) is 0.908. The summed E-state index contributed by atoms with van der Waals surface area (Å²) in [4.78, 5) is 0.926. The van der Waals surface area contributed by atoms with E-state index in [0.717, 1.165) is 16.9 Å². The van der Waals surface area contributed by atoms with E-state index in [1.54, 1.807) is 30.0 Å². The van der Waals surface area contributed by atoms with E-state index >= 15 is 0 Å². The Morgan fingerprint density at radius 1 is 1.35 bits per heavy atom. The number of sulfone groups is 1. The first kappa shape index (κ1) is 12.7. The second kappa shape index (κ2) is 4.84. The van der Waals surface area contributed by atoms with Crippen LogP contribution in [0, 0.1) is 0 Å². The summed E-state index contributed by atoms with van der Waals surface area (Å²) in [6.45, 7) is 2.45. The minimum atomic E-state index is -3.24. The lowest BCUT2D eigenvalue weighted by Crippen LogP contribution is -2.03. The van der Waals surface area contributed by atoms with Gasteiger partial charge in [0.25, 0.3) is 0 Å². The van der Waals surface area contributed by atoms with E-state index in [-0.39, 0.29) is 0 Å². The molecule has 17 heavy (non-hydrogen) atoms. The van der Waals surface area contributed by atoms with Crippen LogP contribution in [-0.4, -0.2) is 19.9 Å². The first-order valence-corrected chi connectivity index (χ1v) is 8.09. The van der Waals surface area contributed by atoms with Crippen molar-refractivity contribution < 1.29 is 8.42 Å². The molecule has 0 bridgehead atoms. The molecule has 0 fully saturated rings. The van der Waals surface area contributed by atoms with Crippen LogP contribution in [0.3, 0.4) is 0 Å². The Balaban J connectivity index is 2.42. The van der Waals surface area contributed by atoms with Gasteiger partial charge in [-0.3, -0.25) is 0 Å². The molecule has 0 aromatic heterocycles. The zero-order valence-corrected chi connectivity index (χ0v) is 11.3. The van der Waals surface area contributed by atoms with Gasteiger partial charge in [0.2, 0.25) is 9.84 Å². The molecule has 0 aliphatic carbocycles. The third kappa shape index (κ3) is 2.27. The third-order valence-corrected chi connectivity index (χ3v) is 5.72. The molecule has 0 saturated heterocycles. The molecular formula is C12H15NO2S2. The molecule has 1 aliphatic rings. The van der Waals surface area contributed by atoms with Crippen molar-refractivity contribution in [1.29, 1.82) is 0 Å². The molecule has 0 unspecified atom stereocenters. The highest BCUT2D eigenvalue weighted by Crippen LogP contribution is 2.34. The number of thioether (sulfide) groups is 1. The maximum Gasteiger partial charge on any atom is 0.204 e. The average Bonchev–Trinajstić information content (AvgIpc) is 2.57. The van der Waals surface area contributed by atoms with Crippen molar-refractivity contribution in [2.75, 3.05) is 11.5 Å². The van der Waals surface area contributed by atoms with Crippen LogP contribution in [0.2, 0.25) is 0 Å². The van der Waals surface area contributed by atoms with Crippen LogP contribution in [0.1, 0.15) is 18.1 Å². The molecule has 0 radical (unpaired) electrons. The van der Waals surface area contributed by atoms with Gasteiger partial charge in [-0.2, -0.15) is 11.8 Å². The Morgan fingerprint density at radius 3 is 2.76 bits per heavy atom. The zero-order valence-electron chi connectivity index (χ0n) is 9.64. The number of nitrogens with two attached hydrogens (primary N) is 1. The van der Waals surface area contributed by atoms with Crippen LogP contribution in [-0.2, 0) is 16.4 Å². The molecule has 0 saturated carbocycles. The van der Waals surface area contributed by atoms with E-state index in [2.05, 4.69) is 0 Å². The summed E-state index contributed by atoms with van der Waals surface area (Å²) in [5.74, 6) is 1.46. The molecule has 0 amide bonds. The van der Waals surface area contributed by atoms with Gasteiger partial charge in [0.1, 0.15) is 0 Å². The molecule has 2 N–H and O–H groups in total. The molecule has 0 spiro atoms. The molecule has 1 aliphatic heterocycles. The summed E-state index contributed by atoms with van der Waals surface area (Å²) in [5, 5.41) is 0. The van der Waals surface area contributed by atoms with E-state index in [1.165, 1.54) is 0 Å². The summed E-state index contributed by atoms with van der Waals surface area (Å²) in [6.07, 6.45) is 1.77. The number of rotatable bonds is 4. The van der Waals surface area contributed by atoms with Crippen LogP contribution in [0.15, 0.2) is 28.0 Å². The van der Waals surface area contributed by atoms with Crippen molar-refractivity contribution in [3.63, 3.8) is 0 Å². The van der Waals surface area contributed by atoms with Crippen LogP contribution >= 0.6 is 11.8 Å². The topological polar surface area (TPSA) is 60.2 Å². The maximum atomic E-state index is 12.2. The third-order valence-electron chi connectivity index (χ3n) is 2.71. The Morgan fingerprint density at radius 2 is 2.12 bits per heavy atom. The molecular weight excluding hydrogens is 254 g/mol. The van der Waals surface area contributed by atoms with Gasteiger partial charge >= 0.3 is 0 Å². The second-order valence-corrected chi connectivity index (χ2v) is 7.07. The van der Waals surface area contributed by atoms with Crippen LogP contribution in [0.4, 0.5) is 0 Å². The smallest absolute Gasteiger partial charge is 0.204 e. The highest BCUT2D eigenvalue weighted by atomic mass is 32.2. The minimum Gasteiger partial charge on any atom is -0.326 e. The van der Waals surface area contributed by atoms with Gasteiger partial charge in [-0.05, 0) is 35.1 Å². The Bertz CT molecular complexity index is 562. The molecule has 1 aromatic carbocycles. The molecule has 1 heterocycles. The van der Waals surface area contributed by atoms with Crippen molar-refractivity contribution in [3.8, 4) is 0 Å². The van der Waals surface area contributed by atoms with Gasteiger partial charge in [-0.15, -0.1) is 0 Å². The lowest BCUT2D eigenvalue weighted by molar-refractivity contribution is 0.603. The highest BCUT2D eigenvalue weighted by molar-refractivity contribution is 8.02. The monoisotopic (exact) mass is 269 g/mol. The molecule has 3 nitrogen and oxygen atoms in total. The second-order valence-electron chi connectivity index (χ2n) is 3.83. The first-order valence-electron chi connectivity index (χ1n) is 5.46. The van der Waals surface area contributed by atoms with E-state index in [1.807, 2.05) is 13.0 Å². The van der Waals surface area contributed by atoms with Gasteiger partial charge in [-0.1, -0.05) is 13.0 Å². The molecule has 0 atom stereocenters. The standard InChI is InChI=1S/C12H15NO2S2/c1-2-16-8-11-6-10-5-9(7-13)3-4-12(10)17(11,14)15/h3-6H,2,7-8,13H2,1H3. The number of fused-ring (bicyclic) bond motifs is 1. The molecule has 1 aromatic rings. The predicted molar refractivity (Wildman–Crippen MR) is 72.5 cm³/mol. The van der Waals surface area contributed by atoms with Crippen LogP contribution < -0.4 is 5.73 Å². The lowest BCUT2D eigenvalue weighted by Gasteiger charge is -2.03. The highest BCUT2D eigenvalue weighted by Gasteiger charge is 2.28. The Labute approximate surface area is 106 Å². The Kier molecular flexibility index (Phi) is 3.61. The lowest BCUT2D eigenvalue weighted by atomic mass is 10.1. The fourth-order valence-electron chi connectivity index (χ4n) is 1.80. The van der Waals surface area contributed by atoms with Crippen molar-refractivity contribution in [1.82, 2.24) is 0 Å². The molecule has 2 rings (SSSR count). The fraction of sp³-hybridized carbons (Fsp3) is 0.333. The maximum absolute atomic E-state index is 12.2. The van der Waals surface area contributed by atoms with Gasteiger partial charge in [0.05, 0.1) is 9.80 Å². The van der Waals surface area contributed by atoms with Crippen molar-refractivity contribution >= 4 is 27.7 Å². The van der Waals surface area contributed by atoms with Crippen molar-refractivity contribution in [2.45, 2.75) is 18.4 Å². The number of hydrogen-bond acceptors (Lipinski definition) is 4. The van der Waals surface area contributed by atoms with E-state index in [0.29, 0.717) is 22.1 Å². The van der Waals surface area contributed by atoms with Gasteiger partial charge in [0, 0.05) is 12.3 Å². The van der Waals surface area contributed by atoms with Crippen molar-refractivity contribution in [2.24, 2.45) is 5.73 Å². The first-order chi connectivity index (χ1) is 8.09. The summed E-state index contributed by atoms with van der Waals surface area (Å²) in [7, 11) is -3.24. The summed E-state index contributed by atoms with van der Waals surface area (Å²) < 4.78 is 24.4. The average molecular weight is 269 g/mol. The van der Waals surface area contributed by atoms with Gasteiger partial charge in [0.15, 0.2) is 0 Å². The predicted octanol–water partition coefficient (Wildman–Crippen LogP) is 2.03. The molecule has 5 heteroatoms. The SMILES string of the molecule is CCSCC1=Cc2cc(CN)ccc2S1(=O)=O. The summed E-state index contributed by atoms with van der Waals surface area (Å²) in [6, 6.07) is 5.30. The number of benzene rings is 1. The van der Waals surface area contributed by atoms with Crippen LogP contribution in [0.25, 0.3) is 6.08 Å². The normalized spacial score (nSPS) is 16.7. The van der Waals surface area contributed by atoms with E-state index < -0.39 is 9.84 Å². The summed E-state index contributed by atoms with van der Waals surface area (Å²) >= 11 is 1.62. The summed E-state index contributed by atoms with van der Waals surface area (Å²) in [5.41, 5.74) is 7.29. The van der Waals surface area contributed by atoms with Crippen molar-refractivity contribution in [3.05, 3.63) is 34.2 Å². The van der Waals surface area contributed by atoms with Crippen LogP contribution in [0.5, 0.6) is 0 Å². The minimum absolute atomic E-state index is 0.418. The van der Waals surface area contributed by atoms with Gasteiger partial charge < -0.3 is 5.73 Å². The molecule has 92 valence electrons. The Hall–Kier alpha value is -0.780. The zero-order chi connectivity index (χ0) is 12.5. The van der Waals surface area contributed by atoms with Gasteiger partial charge in [-0.25, -0.2) is 8.42 Å². The van der Waals surface area contributed by atoms with E-state index in [4.69, 9.17) is 5.73 Å². The van der Waals surface area contributed by atoms with E-state index in [9.17, 15) is 8.42 Å². The number of hydrogen-bond donors (Lipinski definition) is 1. The fourth-order valence-corrected chi connectivity index (χ4v) is 4.40. The largest absolute Gasteiger partial charge is 0.326 e.